The molecule has 3 heteroatoms. The van der Waals surface area contributed by atoms with Crippen LogP contribution in [0.1, 0.15) is 0 Å². The van der Waals surface area contributed by atoms with Crippen molar-refractivity contribution in [1.82, 2.24) is 15.0 Å². The van der Waals surface area contributed by atoms with Crippen LogP contribution in [-0.4, -0.2) is 15.0 Å². The van der Waals surface area contributed by atoms with Crippen molar-refractivity contribution in [1.29, 1.82) is 0 Å². The minimum Gasteiger partial charge on any atom is -0.264 e. The van der Waals surface area contributed by atoms with E-state index in [1.165, 1.54) is 16.3 Å². The molecule has 0 atom stereocenters. The molecule has 0 N–H and O–H groups in total. The molecule has 2 heterocycles. The maximum atomic E-state index is 5.03. The van der Waals surface area contributed by atoms with Crippen LogP contribution in [0.4, 0.5) is 0 Å². The monoisotopic (exact) mass is 511 g/mol. The van der Waals surface area contributed by atoms with Gasteiger partial charge in [-0.2, -0.15) is 0 Å². The largest absolute Gasteiger partial charge is 0.264 e. The summed E-state index contributed by atoms with van der Waals surface area (Å²) in [6.45, 7) is 0. The first-order chi connectivity index (χ1) is 19.8. The van der Waals surface area contributed by atoms with Crippen molar-refractivity contribution in [3.63, 3.8) is 0 Å². The highest BCUT2D eigenvalue weighted by molar-refractivity contribution is 5.96. The zero-order chi connectivity index (χ0) is 26.7. The SMILES string of the molecule is c1ccc(-c2nc(-c3ccc(-c4ccc(-c5cccnc5)cc4)cc3)cc(-c3cccc4ccccc34)n2)cc1. The number of fused-ring (bicyclic) bond motifs is 1. The smallest absolute Gasteiger partial charge is 0.160 e. The van der Waals surface area contributed by atoms with Crippen LogP contribution in [0.2, 0.25) is 0 Å². The average Bonchev–Trinajstić information content (AvgIpc) is 3.05. The Morgan fingerprint density at radius 2 is 1.00 bits per heavy atom. The number of rotatable bonds is 5. The van der Waals surface area contributed by atoms with Crippen LogP contribution in [0.15, 0.2) is 152 Å². The van der Waals surface area contributed by atoms with E-state index in [0.717, 1.165) is 50.6 Å². The second kappa shape index (κ2) is 10.4. The predicted octanol–water partition coefficient (Wildman–Crippen LogP) is 9.36. The Balaban J connectivity index is 1.28. The van der Waals surface area contributed by atoms with Crippen LogP contribution in [0, 0.1) is 0 Å². The summed E-state index contributed by atoms with van der Waals surface area (Å²) in [4.78, 5) is 14.3. The number of aromatic nitrogens is 3. The molecule has 0 aliphatic heterocycles. The Morgan fingerprint density at radius 1 is 0.400 bits per heavy atom. The second-order valence-corrected chi connectivity index (χ2v) is 9.75. The molecule has 0 aliphatic rings. The summed E-state index contributed by atoms with van der Waals surface area (Å²) in [7, 11) is 0. The van der Waals surface area contributed by atoms with E-state index < -0.39 is 0 Å². The number of hydrogen-bond acceptors (Lipinski definition) is 3. The van der Waals surface area contributed by atoms with Crippen LogP contribution in [0.3, 0.4) is 0 Å². The van der Waals surface area contributed by atoms with E-state index in [0.29, 0.717) is 0 Å². The van der Waals surface area contributed by atoms with Gasteiger partial charge in [0.05, 0.1) is 11.4 Å². The Bertz CT molecular complexity index is 1910. The van der Waals surface area contributed by atoms with Crippen LogP contribution in [0.25, 0.3) is 66.9 Å². The van der Waals surface area contributed by atoms with Gasteiger partial charge in [-0.3, -0.25) is 4.98 Å². The van der Waals surface area contributed by atoms with Gasteiger partial charge in [0.25, 0.3) is 0 Å². The Labute approximate surface area is 233 Å². The van der Waals surface area contributed by atoms with Crippen molar-refractivity contribution < 1.29 is 0 Å². The highest BCUT2D eigenvalue weighted by Gasteiger charge is 2.13. The molecular weight excluding hydrogens is 486 g/mol. The molecule has 0 fully saturated rings. The molecule has 0 saturated heterocycles. The molecule has 3 nitrogen and oxygen atoms in total. The summed E-state index contributed by atoms with van der Waals surface area (Å²) in [6, 6.07) is 48.4. The van der Waals surface area contributed by atoms with E-state index >= 15 is 0 Å². The Morgan fingerprint density at radius 3 is 1.73 bits per heavy atom. The molecule has 0 spiro atoms. The third kappa shape index (κ3) is 4.65. The first-order valence-corrected chi connectivity index (χ1v) is 13.4. The standard InChI is InChI=1S/C37H25N3/c1-2-9-31(10-3-1)37-39-35(24-36(40-37)34-14-6-11-29-8-4-5-13-33(29)34)30-21-19-27(20-22-30)26-15-17-28(18-16-26)32-12-7-23-38-25-32/h1-25H. The zero-order valence-corrected chi connectivity index (χ0v) is 21.8. The third-order valence-electron chi connectivity index (χ3n) is 7.22. The number of nitrogens with zero attached hydrogens (tertiary/aromatic N) is 3. The average molecular weight is 512 g/mol. The van der Waals surface area contributed by atoms with Gasteiger partial charge in [-0.05, 0) is 45.2 Å². The van der Waals surface area contributed by atoms with Gasteiger partial charge < -0.3 is 0 Å². The second-order valence-electron chi connectivity index (χ2n) is 9.75. The van der Waals surface area contributed by atoms with Crippen LogP contribution in [-0.2, 0) is 0 Å². The van der Waals surface area contributed by atoms with Gasteiger partial charge in [0.2, 0.25) is 0 Å². The fourth-order valence-corrected chi connectivity index (χ4v) is 5.12. The minimum absolute atomic E-state index is 0.719. The van der Waals surface area contributed by atoms with E-state index in [1.54, 1.807) is 6.20 Å². The normalized spacial score (nSPS) is 11.0. The lowest BCUT2D eigenvalue weighted by Gasteiger charge is -2.12. The van der Waals surface area contributed by atoms with Crippen molar-refractivity contribution in [2.75, 3.05) is 0 Å². The zero-order valence-electron chi connectivity index (χ0n) is 21.8. The topological polar surface area (TPSA) is 38.7 Å². The van der Waals surface area contributed by atoms with Gasteiger partial charge in [-0.15, -0.1) is 0 Å². The van der Waals surface area contributed by atoms with Crippen molar-refractivity contribution in [3.8, 4) is 56.2 Å². The van der Waals surface area contributed by atoms with Gasteiger partial charge in [0.1, 0.15) is 0 Å². The molecular formula is C37H25N3. The van der Waals surface area contributed by atoms with Gasteiger partial charge in [0.15, 0.2) is 5.82 Å². The summed E-state index contributed by atoms with van der Waals surface area (Å²) < 4.78 is 0. The van der Waals surface area contributed by atoms with Gasteiger partial charge >= 0.3 is 0 Å². The lowest BCUT2D eigenvalue weighted by molar-refractivity contribution is 1.18. The number of benzene rings is 5. The molecule has 0 bridgehead atoms. The number of hydrogen-bond donors (Lipinski definition) is 0. The summed E-state index contributed by atoms with van der Waals surface area (Å²) >= 11 is 0. The molecule has 0 radical (unpaired) electrons. The lowest BCUT2D eigenvalue weighted by Crippen LogP contribution is -1.96. The summed E-state index contributed by atoms with van der Waals surface area (Å²) in [5.41, 5.74) is 9.56. The van der Waals surface area contributed by atoms with E-state index in [1.807, 2.05) is 30.5 Å². The Hall–Kier alpha value is -5.41. The van der Waals surface area contributed by atoms with Gasteiger partial charge in [-0.25, -0.2) is 9.97 Å². The van der Waals surface area contributed by atoms with E-state index in [2.05, 4.69) is 120 Å². The summed E-state index contributed by atoms with van der Waals surface area (Å²) in [5.74, 6) is 0.719. The molecule has 7 aromatic rings. The van der Waals surface area contributed by atoms with Crippen molar-refractivity contribution in [2.45, 2.75) is 0 Å². The number of pyridine rings is 1. The maximum absolute atomic E-state index is 5.03. The quantitative estimate of drug-likeness (QED) is 0.231. The molecule has 0 unspecified atom stereocenters. The molecule has 0 amide bonds. The van der Waals surface area contributed by atoms with Gasteiger partial charge in [0, 0.05) is 29.1 Å². The molecule has 5 aromatic carbocycles. The molecule has 40 heavy (non-hydrogen) atoms. The van der Waals surface area contributed by atoms with Crippen LogP contribution >= 0.6 is 0 Å². The van der Waals surface area contributed by atoms with Crippen molar-refractivity contribution in [2.24, 2.45) is 0 Å². The maximum Gasteiger partial charge on any atom is 0.160 e. The highest BCUT2D eigenvalue weighted by atomic mass is 14.9. The van der Waals surface area contributed by atoms with E-state index in [4.69, 9.17) is 9.97 Å². The fourth-order valence-electron chi connectivity index (χ4n) is 5.12. The summed E-state index contributed by atoms with van der Waals surface area (Å²) in [5, 5.41) is 2.37. The van der Waals surface area contributed by atoms with Crippen molar-refractivity contribution in [3.05, 3.63) is 152 Å². The molecule has 0 saturated carbocycles. The first kappa shape index (κ1) is 23.7. The van der Waals surface area contributed by atoms with E-state index in [9.17, 15) is 0 Å². The van der Waals surface area contributed by atoms with Crippen LogP contribution < -0.4 is 0 Å². The highest BCUT2D eigenvalue weighted by Crippen LogP contribution is 2.33. The summed E-state index contributed by atoms with van der Waals surface area (Å²) in [6.07, 6.45) is 3.69. The molecule has 188 valence electrons. The van der Waals surface area contributed by atoms with Crippen LogP contribution in [0.5, 0.6) is 0 Å². The Kier molecular flexibility index (Phi) is 6.15. The van der Waals surface area contributed by atoms with Gasteiger partial charge in [-0.1, -0.05) is 127 Å². The predicted molar refractivity (Wildman–Crippen MR) is 165 cm³/mol. The van der Waals surface area contributed by atoms with E-state index in [-0.39, 0.29) is 0 Å². The fraction of sp³-hybridized carbons (Fsp3) is 0. The third-order valence-corrected chi connectivity index (χ3v) is 7.22. The minimum atomic E-state index is 0.719. The molecule has 0 aliphatic carbocycles. The lowest BCUT2D eigenvalue weighted by atomic mass is 9.98. The molecule has 2 aromatic heterocycles. The van der Waals surface area contributed by atoms with Crippen molar-refractivity contribution >= 4 is 10.8 Å². The molecule has 7 rings (SSSR count). The first-order valence-electron chi connectivity index (χ1n) is 13.4.